The van der Waals surface area contributed by atoms with E-state index >= 15 is 0 Å². The summed E-state index contributed by atoms with van der Waals surface area (Å²) in [5, 5.41) is 12.3. The predicted octanol–water partition coefficient (Wildman–Crippen LogP) is 5.31. The van der Waals surface area contributed by atoms with Crippen LogP contribution in [0.3, 0.4) is 0 Å². The summed E-state index contributed by atoms with van der Waals surface area (Å²) in [7, 11) is -3.97. The van der Waals surface area contributed by atoms with E-state index in [-0.39, 0.29) is 32.0 Å². The van der Waals surface area contributed by atoms with Gasteiger partial charge in [0.05, 0.1) is 15.7 Å². The molecule has 3 rings (SSSR count). The number of carbonyl (C=O) groups is 1. The number of amides is 1. The van der Waals surface area contributed by atoms with Gasteiger partial charge in [0.15, 0.2) is 0 Å². The fourth-order valence-electron chi connectivity index (χ4n) is 2.49. The number of anilines is 1. The van der Waals surface area contributed by atoms with Crippen molar-refractivity contribution in [2.24, 2.45) is 0 Å². The quantitative estimate of drug-likeness (QED) is 0.298. The molecule has 0 aliphatic carbocycles. The Balaban J connectivity index is 1.76. The second-order valence-corrected chi connectivity index (χ2v) is 8.50. The molecule has 0 heterocycles. The van der Waals surface area contributed by atoms with Gasteiger partial charge >= 0.3 is 10.1 Å². The first kappa shape index (κ1) is 22.4. The van der Waals surface area contributed by atoms with Crippen molar-refractivity contribution < 1.29 is 17.4 Å². The van der Waals surface area contributed by atoms with E-state index in [1.807, 2.05) is 6.07 Å². The van der Waals surface area contributed by atoms with E-state index in [2.05, 4.69) is 5.32 Å². The van der Waals surface area contributed by atoms with Crippen LogP contribution in [-0.4, -0.2) is 14.3 Å². The molecule has 0 radical (unpaired) electrons. The van der Waals surface area contributed by atoms with Crippen LogP contribution in [0.1, 0.15) is 5.56 Å². The van der Waals surface area contributed by atoms with Gasteiger partial charge in [-0.1, -0.05) is 59.6 Å². The zero-order valence-electron chi connectivity index (χ0n) is 15.7. The molecule has 0 spiro atoms. The first-order valence-electron chi connectivity index (χ1n) is 8.77. The Morgan fingerprint density at radius 2 is 1.55 bits per heavy atom. The zero-order chi connectivity index (χ0) is 22.4. The molecule has 0 aromatic heterocycles. The van der Waals surface area contributed by atoms with E-state index in [0.29, 0.717) is 5.56 Å². The fourth-order valence-corrected chi connectivity index (χ4v) is 3.94. The monoisotopic (exact) mass is 472 g/mol. The van der Waals surface area contributed by atoms with E-state index in [4.69, 9.17) is 27.4 Å². The molecular formula is C22H14Cl2N2O4S. The molecule has 0 bridgehead atoms. The number of halogens is 2. The number of nitrogens with zero attached hydrogens (tertiary/aromatic N) is 1. The van der Waals surface area contributed by atoms with Crippen LogP contribution < -0.4 is 9.50 Å². The average molecular weight is 473 g/mol. The van der Waals surface area contributed by atoms with Crippen molar-refractivity contribution >= 4 is 51.0 Å². The van der Waals surface area contributed by atoms with Crippen LogP contribution in [-0.2, 0) is 14.9 Å². The molecule has 0 atom stereocenters. The van der Waals surface area contributed by atoms with Crippen molar-refractivity contribution in [3.63, 3.8) is 0 Å². The second-order valence-electron chi connectivity index (χ2n) is 6.14. The molecule has 0 aliphatic rings. The summed E-state index contributed by atoms with van der Waals surface area (Å²) < 4.78 is 29.7. The summed E-state index contributed by atoms with van der Waals surface area (Å²) in [5.74, 6) is -0.601. The first-order valence-corrected chi connectivity index (χ1v) is 10.9. The van der Waals surface area contributed by atoms with Crippen molar-refractivity contribution in [3.05, 3.63) is 94.0 Å². The van der Waals surface area contributed by atoms with Gasteiger partial charge in [-0.05, 0) is 48.0 Å². The molecule has 3 aromatic rings. The van der Waals surface area contributed by atoms with Gasteiger partial charge in [-0.2, -0.15) is 13.7 Å². The van der Waals surface area contributed by atoms with Crippen LogP contribution in [0.2, 0.25) is 10.0 Å². The van der Waals surface area contributed by atoms with Crippen LogP contribution in [0, 0.1) is 11.3 Å². The van der Waals surface area contributed by atoms with Gasteiger partial charge in [-0.25, -0.2) is 0 Å². The maximum Gasteiger partial charge on any atom is 0.339 e. The SMILES string of the molecule is N#C/C(=C\c1ccc(OS(=O)(=O)c2ccccc2)cc1)C(=O)Nc1c(Cl)cccc1Cl. The van der Waals surface area contributed by atoms with Crippen LogP contribution in [0.5, 0.6) is 5.75 Å². The number of benzene rings is 3. The molecule has 0 saturated carbocycles. The topological polar surface area (TPSA) is 96.3 Å². The van der Waals surface area contributed by atoms with Crippen LogP contribution in [0.15, 0.2) is 83.3 Å². The van der Waals surface area contributed by atoms with E-state index < -0.39 is 16.0 Å². The molecule has 0 fully saturated rings. The third-order valence-corrected chi connectivity index (χ3v) is 5.89. The standard InChI is InChI=1S/C22H14Cl2N2O4S/c23-19-7-4-8-20(24)21(19)26-22(27)16(14-25)13-15-9-11-17(12-10-15)30-31(28,29)18-5-2-1-3-6-18/h1-13H,(H,26,27)/b16-13+. The Hall–Kier alpha value is -3.31. The van der Waals surface area contributed by atoms with Crippen molar-refractivity contribution in [2.75, 3.05) is 5.32 Å². The minimum Gasteiger partial charge on any atom is -0.379 e. The molecule has 1 amide bonds. The highest BCUT2D eigenvalue weighted by molar-refractivity contribution is 7.87. The Bertz CT molecular complexity index is 1260. The predicted molar refractivity (Wildman–Crippen MR) is 119 cm³/mol. The van der Waals surface area contributed by atoms with Crippen LogP contribution >= 0.6 is 23.2 Å². The Morgan fingerprint density at radius 1 is 0.935 bits per heavy atom. The molecular weight excluding hydrogens is 459 g/mol. The molecule has 1 N–H and O–H groups in total. The first-order chi connectivity index (χ1) is 14.8. The van der Waals surface area contributed by atoms with Gasteiger partial charge in [0.1, 0.15) is 22.3 Å². The van der Waals surface area contributed by atoms with Gasteiger partial charge in [0, 0.05) is 0 Å². The highest BCUT2D eigenvalue weighted by Gasteiger charge is 2.16. The van der Waals surface area contributed by atoms with Gasteiger partial charge in [0.2, 0.25) is 0 Å². The van der Waals surface area contributed by atoms with Gasteiger partial charge in [-0.3, -0.25) is 4.79 Å². The van der Waals surface area contributed by atoms with Crippen LogP contribution in [0.4, 0.5) is 5.69 Å². The van der Waals surface area contributed by atoms with E-state index in [1.165, 1.54) is 42.5 Å². The van der Waals surface area contributed by atoms with Gasteiger partial charge in [-0.15, -0.1) is 0 Å². The number of hydrogen-bond donors (Lipinski definition) is 1. The number of rotatable bonds is 6. The Labute approximate surface area is 189 Å². The minimum atomic E-state index is -3.97. The lowest BCUT2D eigenvalue weighted by molar-refractivity contribution is -0.112. The molecule has 6 nitrogen and oxygen atoms in total. The number of para-hydroxylation sites is 1. The Morgan fingerprint density at radius 3 is 2.13 bits per heavy atom. The largest absolute Gasteiger partial charge is 0.379 e. The van der Waals surface area contributed by atoms with Gasteiger partial charge < -0.3 is 9.50 Å². The second kappa shape index (κ2) is 9.67. The number of nitriles is 1. The lowest BCUT2D eigenvalue weighted by Gasteiger charge is -2.09. The smallest absolute Gasteiger partial charge is 0.339 e. The highest BCUT2D eigenvalue weighted by Crippen LogP contribution is 2.30. The zero-order valence-corrected chi connectivity index (χ0v) is 18.1. The summed E-state index contributed by atoms with van der Waals surface area (Å²) in [6, 6.07) is 20.2. The molecule has 0 unspecified atom stereocenters. The average Bonchev–Trinajstić information content (AvgIpc) is 2.76. The van der Waals surface area contributed by atoms with Crippen LogP contribution in [0.25, 0.3) is 6.08 Å². The van der Waals surface area contributed by atoms with Gasteiger partial charge in [0.25, 0.3) is 5.91 Å². The fraction of sp³-hybridized carbons (Fsp3) is 0. The number of carbonyl (C=O) groups excluding carboxylic acids is 1. The maximum absolute atomic E-state index is 12.4. The van der Waals surface area contributed by atoms with E-state index in [9.17, 15) is 18.5 Å². The summed E-state index contributed by atoms with van der Waals surface area (Å²) in [6.45, 7) is 0. The molecule has 31 heavy (non-hydrogen) atoms. The lowest BCUT2D eigenvalue weighted by Crippen LogP contribution is -2.14. The highest BCUT2D eigenvalue weighted by atomic mass is 35.5. The third-order valence-electron chi connectivity index (χ3n) is 4.00. The molecule has 0 aliphatic heterocycles. The van der Waals surface area contributed by atoms with Crippen molar-refractivity contribution in [1.82, 2.24) is 0 Å². The number of hydrogen-bond acceptors (Lipinski definition) is 5. The number of nitrogens with one attached hydrogen (secondary N) is 1. The minimum absolute atomic E-state index is 0.0284. The van der Waals surface area contributed by atoms with Crippen molar-refractivity contribution in [3.8, 4) is 11.8 Å². The van der Waals surface area contributed by atoms with E-state index in [0.717, 1.165) is 0 Å². The molecule has 0 saturated heterocycles. The summed E-state index contributed by atoms with van der Waals surface area (Å²) in [6.07, 6.45) is 1.34. The van der Waals surface area contributed by atoms with Crippen molar-refractivity contribution in [2.45, 2.75) is 4.90 Å². The lowest BCUT2D eigenvalue weighted by atomic mass is 10.1. The van der Waals surface area contributed by atoms with E-state index in [1.54, 1.807) is 36.4 Å². The maximum atomic E-state index is 12.4. The molecule has 9 heteroatoms. The summed E-state index contributed by atoms with van der Waals surface area (Å²) >= 11 is 12.1. The summed E-state index contributed by atoms with van der Waals surface area (Å²) in [5.41, 5.74) is 0.495. The normalized spacial score (nSPS) is 11.5. The van der Waals surface area contributed by atoms with Crippen molar-refractivity contribution in [1.29, 1.82) is 5.26 Å². The summed E-state index contributed by atoms with van der Waals surface area (Å²) in [4.78, 5) is 12.5. The Kier molecular flexibility index (Phi) is 6.98. The third kappa shape index (κ3) is 5.64. The molecule has 3 aromatic carbocycles. The molecule has 156 valence electrons.